The number of Topliss-reactive ketones (excluding diaryl/α,β-unsaturated/α-hetero) is 1. The molecule has 2 rings (SSSR count). The number of hydrogen-bond donors (Lipinski definition) is 1. The van der Waals surface area contributed by atoms with E-state index in [0.717, 1.165) is 0 Å². The molecule has 4 nitrogen and oxygen atoms in total. The van der Waals surface area contributed by atoms with Gasteiger partial charge in [0, 0.05) is 5.57 Å². The van der Waals surface area contributed by atoms with Gasteiger partial charge in [-0.05, 0) is 25.0 Å². The molecule has 0 radical (unpaired) electrons. The summed E-state index contributed by atoms with van der Waals surface area (Å²) < 4.78 is 27.7. The molecule has 8 heteroatoms. The summed E-state index contributed by atoms with van der Waals surface area (Å²) in [6.45, 7) is 4.95. The summed E-state index contributed by atoms with van der Waals surface area (Å²) in [6.07, 6.45) is 0. The Bertz CT molecular complexity index is 841. The van der Waals surface area contributed by atoms with E-state index in [1.54, 1.807) is 32.0 Å². The molecule has 0 spiro atoms. The molecule has 1 aliphatic carbocycles. The highest BCUT2D eigenvalue weighted by atomic mass is 35.5. The van der Waals surface area contributed by atoms with Gasteiger partial charge in [0.25, 0.3) is 10.0 Å². The van der Waals surface area contributed by atoms with Crippen LogP contribution in [-0.2, 0) is 14.8 Å². The third-order valence-corrected chi connectivity index (χ3v) is 6.40. The molecule has 0 aromatic heterocycles. The van der Waals surface area contributed by atoms with Crippen molar-refractivity contribution in [2.24, 2.45) is 5.92 Å². The quantitative estimate of drug-likeness (QED) is 0.761. The number of allylic oxidation sites excluding steroid dienone is 3. The van der Waals surface area contributed by atoms with E-state index in [-0.39, 0.29) is 26.6 Å². The van der Waals surface area contributed by atoms with Gasteiger partial charge in [-0.15, -0.1) is 11.6 Å². The lowest BCUT2D eigenvalue weighted by atomic mass is 9.88. The van der Waals surface area contributed by atoms with E-state index in [4.69, 9.17) is 34.8 Å². The van der Waals surface area contributed by atoms with E-state index in [9.17, 15) is 13.2 Å². The van der Waals surface area contributed by atoms with Crippen LogP contribution >= 0.6 is 34.8 Å². The maximum Gasteiger partial charge on any atom is 0.261 e. The number of hydrogen-bond acceptors (Lipinski definition) is 3. The van der Waals surface area contributed by atoms with Gasteiger partial charge in [0.2, 0.25) is 5.78 Å². The minimum Gasteiger partial charge on any atom is -0.291 e. The first kappa shape index (κ1) is 19.3. The summed E-state index contributed by atoms with van der Waals surface area (Å²) in [5.74, 6) is -0.793. The van der Waals surface area contributed by atoms with Crippen LogP contribution in [0.5, 0.6) is 0 Å². The van der Waals surface area contributed by atoms with E-state index in [1.807, 2.05) is 0 Å². The fourth-order valence-corrected chi connectivity index (χ4v) is 4.47. The second kappa shape index (κ2) is 6.71. The summed E-state index contributed by atoms with van der Waals surface area (Å²) >= 11 is 18.7. The summed E-state index contributed by atoms with van der Waals surface area (Å²) in [5, 5.41) is -0.209. The van der Waals surface area contributed by atoms with Gasteiger partial charge in [0.05, 0.1) is 20.7 Å². The molecular weight excluding hydrogens is 393 g/mol. The van der Waals surface area contributed by atoms with E-state index >= 15 is 0 Å². The summed E-state index contributed by atoms with van der Waals surface area (Å²) in [6, 6.07) is 7.81. The van der Waals surface area contributed by atoms with Gasteiger partial charge >= 0.3 is 0 Å². The molecule has 0 fully saturated rings. The SMILES string of the molecule is CC(C)C1=C(Cl)C(=O)[C@@](C)(Cl)C(Cl)=C1NS(=O)(=O)c1ccccc1. The molecule has 0 unspecified atom stereocenters. The molecule has 24 heavy (non-hydrogen) atoms. The molecule has 1 atom stereocenters. The first-order valence-electron chi connectivity index (χ1n) is 7.12. The zero-order valence-electron chi connectivity index (χ0n) is 13.2. The van der Waals surface area contributed by atoms with Crippen LogP contribution in [0.25, 0.3) is 0 Å². The number of halogens is 3. The second-order valence-electron chi connectivity index (χ2n) is 5.82. The highest BCUT2D eigenvalue weighted by molar-refractivity contribution is 7.89. The van der Waals surface area contributed by atoms with Crippen molar-refractivity contribution in [2.45, 2.75) is 30.5 Å². The van der Waals surface area contributed by atoms with E-state index in [1.165, 1.54) is 19.1 Å². The van der Waals surface area contributed by atoms with Crippen LogP contribution in [0, 0.1) is 5.92 Å². The van der Waals surface area contributed by atoms with Crippen molar-refractivity contribution in [1.82, 2.24) is 4.72 Å². The average molecular weight is 409 g/mol. The first-order chi connectivity index (χ1) is 11.0. The summed E-state index contributed by atoms with van der Waals surface area (Å²) in [7, 11) is -3.91. The largest absolute Gasteiger partial charge is 0.291 e. The van der Waals surface area contributed by atoms with Gasteiger partial charge in [-0.3, -0.25) is 9.52 Å². The van der Waals surface area contributed by atoms with Crippen molar-refractivity contribution >= 4 is 50.6 Å². The van der Waals surface area contributed by atoms with Crippen LogP contribution in [0.2, 0.25) is 0 Å². The molecule has 0 heterocycles. The van der Waals surface area contributed by atoms with E-state index in [0.29, 0.717) is 5.57 Å². The summed E-state index contributed by atoms with van der Waals surface area (Å²) in [5.41, 5.74) is 0.377. The van der Waals surface area contributed by atoms with Crippen LogP contribution < -0.4 is 4.72 Å². The van der Waals surface area contributed by atoms with Gasteiger partial charge in [-0.25, -0.2) is 8.42 Å². The number of carbonyl (C=O) groups excluding carboxylic acids is 1. The molecule has 1 aromatic carbocycles. The van der Waals surface area contributed by atoms with Crippen LogP contribution in [0.1, 0.15) is 20.8 Å². The molecule has 0 saturated heterocycles. The van der Waals surface area contributed by atoms with Crippen LogP contribution in [0.3, 0.4) is 0 Å². The number of nitrogens with one attached hydrogen (secondary N) is 1. The molecule has 1 aliphatic rings. The minimum absolute atomic E-state index is 0.0534. The third kappa shape index (κ3) is 3.36. The van der Waals surface area contributed by atoms with Crippen molar-refractivity contribution < 1.29 is 13.2 Å². The van der Waals surface area contributed by atoms with Gasteiger partial charge in [-0.2, -0.15) is 0 Å². The minimum atomic E-state index is -3.91. The lowest BCUT2D eigenvalue weighted by Gasteiger charge is -2.31. The topological polar surface area (TPSA) is 63.2 Å². The third-order valence-electron chi connectivity index (χ3n) is 3.63. The Morgan fingerprint density at radius 2 is 1.67 bits per heavy atom. The van der Waals surface area contributed by atoms with Crippen LogP contribution in [-0.4, -0.2) is 19.1 Å². The van der Waals surface area contributed by atoms with Gasteiger partial charge in [0.1, 0.15) is 4.87 Å². The van der Waals surface area contributed by atoms with Crippen molar-refractivity contribution in [3.05, 3.63) is 51.7 Å². The molecule has 1 N–H and O–H groups in total. The normalized spacial score (nSPS) is 22.4. The molecule has 0 amide bonds. The zero-order valence-corrected chi connectivity index (χ0v) is 16.3. The Balaban J connectivity index is 2.61. The highest BCUT2D eigenvalue weighted by Crippen LogP contribution is 2.44. The number of rotatable bonds is 4. The van der Waals surface area contributed by atoms with E-state index in [2.05, 4.69) is 4.72 Å². The Kier molecular flexibility index (Phi) is 5.40. The van der Waals surface area contributed by atoms with E-state index < -0.39 is 20.7 Å². The van der Waals surface area contributed by atoms with Gasteiger partial charge < -0.3 is 0 Å². The average Bonchev–Trinajstić information content (AvgIpc) is 2.51. The fourth-order valence-electron chi connectivity index (χ4n) is 2.33. The van der Waals surface area contributed by atoms with Crippen molar-refractivity contribution in [3.63, 3.8) is 0 Å². The maximum absolute atomic E-state index is 12.6. The number of carbonyl (C=O) groups is 1. The number of ketones is 1. The number of alkyl halides is 1. The fraction of sp³-hybridized carbons (Fsp3) is 0.312. The molecule has 0 aliphatic heterocycles. The lowest BCUT2D eigenvalue weighted by molar-refractivity contribution is -0.116. The monoisotopic (exact) mass is 407 g/mol. The van der Waals surface area contributed by atoms with Gasteiger partial charge in [-0.1, -0.05) is 55.2 Å². The molecule has 0 bridgehead atoms. The Morgan fingerprint density at radius 1 is 1.12 bits per heavy atom. The number of sulfonamides is 1. The Hall–Kier alpha value is -1.01. The van der Waals surface area contributed by atoms with Crippen molar-refractivity contribution in [2.75, 3.05) is 0 Å². The molecule has 130 valence electrons. The standard InChI is InChI=1S/C16H16Cl3NO3S/c1-9(2)11-12(17)15(21)16(3,19)14(18)13(11)20-24(22,23)10-7-5-4-6-8-10/h4-9,20H,1-3H3/t16-/m0/s1. The Labute approximate surface area is 156 Å². The predicted molar refractivity (Wildman–Crippen MR) is 96.6 cm³/mol. The smallest absolute Gasteiger partial charge is 0.261 e. The van der Waals surface area contributed by atoms with Crippen molar-refractivity contribution in [3.8, 4) is 0 Å². The first-order valence-corrected chi connectivity index (χ1v) is 9.73. The van der Waals surface area contributed by atoms with Crippen molar-refractivity contribution in [1.29, 1.82) is 0 Å². The summed E-state index contributed by atoms with van der Waals surface area (Å²) in [4.78, 5) is 10.8. The molecular formula is C16H16Cl3NO3S. The lowest BCUT2D eigenvalue weighted by Crippen LogP contribution is -2.39. The predicted octanol–water partition coefficient (Wildman–Crippen LogP) is 4.14. The maximum atomic E-state index is 12.6. The molecule has 1 aromatic rings. The number of benzene rings is 1. The van der Waals surface area contributed by atoms with Crippen LogP contribution in [0.15, 0.2) is 56.6 Å². The molecule has 0 saturated carbocycles. The highest BCUT2D eigenvalue weighted by Gasteiger charge is 2.45. The van der Waals surface area contributed by atoms with Crippen LogP contribution in [0.4, 0.5) is 0 Å². The van der Waals surface area contributed by atoms with Gasteiger partial charge in [0.15, 0.2) is 0 Å². The second-order valence-corrected chi connectivity index (χ2v) is 9.02. The Morgan fingerprint density at radius 3 is 2.17 bits per heavy atom. The zero-order chi connectivity index (χ0) is 18.3.